The Morgan fingerprint density at radius 3 is 0.678 bits per heavy atom. The molecule has 59 heavy (non-hydrogen) atoms. The maximum Gasteiger partial charge on any atom is 0.306 e. The van der Waals surface area contributed by atoms with Gasteiger partial charge in [0, 0.05) is 19.3 Å². The van der Waals surface area contributed by atoms with Crippen LogP contribution >= 0.6 is 0 Å². The monoisotopic (exact) mass is 835 g/mol. The van der Waals surface area contributed by atoms with Gasteiger partial charge < -0.3 is 14.2 Å². The Bertz CT molecular complexity index is 874. The lowest BCUT2D eigenvalue weighted by atomic mass is 10.0. The molecule has 0 aromatic heterocycles. The highest BCUT2D eigenvalue weighted by atomic mass is 16.6. The van der Waals surface area contributed by atoms with Gasteiger partial charge in [0.05, 0.1) is 0 Å². The van der Waals surface area contributed by atoms with E-state index in [1.165, 1.54) is 205 Å². The highest BCUT2D eigenvalue weighted by Crippen LogP contribution is 2.17. The Hall–Kier alpha value is -1.59. The van der Waals surface area contributed by atoms with Crippen molar-refractivity contribution in [3.63, 3.8) is 0 Å². The molecule has 0 radical (unpaired) electrons. The predicted molar refractivity (Wildman–Crippen MR) is 252 cm³/mol. The molecule has 0 heterocycles. The molecule has 0 saturated heterocycles. The first-order chi connectivity index (χ1) is 29.0. The van der Waals surface area contributed by atoms with E-state index in [-0.39, 0.29) is 31.1 Å². The first-order valence-electron chi connectivity index (χ1n) is 26.5. The summed E-state index contributed by atoms with van der Waals surface area (Å²) in [5, 5.41) is 0. The summed E-state index contributed by atoms with van der Waals surface area (Å²) in [5.74, 6) is -0.848. The molecule has 0 aliphatic rings. The molecule has 0 N–H and O–H groups in total. The minimum atomic E-state index is -0.758. The van der Waals surface area contributed by atoms with Crippen molar-refractivity contribution in [2.75, 3.05) is 13.2 Å². The molecular formula is C53H102O6. The molecule has 350 valence electrons. The quantitative estimate of drug-likeness (QED) is 0.0345. The van der Waals surface area contributed by atoms with Crippen molar-refractivity contribution >= 4 is 17.9 Å². The standard InChI is InChI=1S/C53H102O6/c1-4-7-10-13-16-18-20-22-24-25-26-27-28-29-31-32-34-37-40-43-46-52(55)58-49-50(48-57-51(54)45-42-39-36-15-12-9-6-3)59-53(56)47-44-41-38-35-33-30-23-21-19-17-14-11-8-5-2/h50H,4-49H2,1-3H3. The van der Waals surface area contributed by atoms with Crippen molar-refractivity contribution in [2.45, 2.75) is 309 Å². The number of carbonyl (C=O) groups excluding carboxylic acids is 3. The summed E-state index contributed by atoms with van der Waals surface area (Å²) in [4.78, 5) is 37.8. The molecule has 0 aromatic carbocycles. The minimum Gasteiger partial charge on any atom is -0.462 e. The number of unbranched alkanes of at least 4 members (excludes halogenated alkanes) is 38. The number of ether oxygens (including phenoxy) is 3. The Morgan fingerprint density at radius 1 is 0.271 bits per heavy atom. The van der Waals surface area contributed by atoms with Crippen molar-refractivity contribution in [3.8, 4) is 0 Å². The third-order valence-electron chi connectivity index (χ3n) is 12.1. The lowest BCUT2D eigenvalue weighted by Gasteiger charge is -2.18. The van der Waals surface area contributed by atoms with Gasteiger partial charge in [-0.1, -0.05) is 265 Å². The number of rotatable bonds is 49. The molecule has 1 unspecified atom stereocenters. The number of hydrogen-bond acceptors (Lipinski definition) is 6. The summed E-state index contributed by atoms with van der Waals surface area (Å²) in [6.45, 7) is 6.65. The molecule has 0 spiro atoms. The Kier molecular flexibility index (Phi) is 47.7. The molecule has 0 amide bonds. The molecule has 0 aliphatic carbocycles. The maximum absolute atomic E-state index is 12.7. The summed E-state index contributed by atoms with van der Waals surface area (Å²) in [6.07, 6.45) is 52.5. The van der Waals surface area contributed by atoms with Gasteiger partial charge >= 0.3 is 17.9 Å². The van der Waals surface area contributed by atoms with E-state index in [1.54, 1.807) is 0 Å². The Balaban J connectivity index is 4.14. The van der Waals surface area contributed by atoms with Gasteiger partial charge in [-0.2, -0.15) is 0 Å². The minimum absolute atomic E-state index is 0.0623. The number of hydrogen-bond donors (Lipinski definition) is 0. The van der Waals surface area contributed by atoms with Crippen LogP contribution in [0.3, 0.4) is 0 Å². The van der Waals surface area contributed by atoms with Gasteiger partial charge in [-0.3, -0.25) is 14.4 Å². The van der Waals surface area contributed by atoms with E-state index in [0.717, 1.165) is 57.8 Å². The Morgan fingerprint density at radius 2 is 0.458 bits per heavy atom. The zero-order chi connectivity index (χ0) is 43.0. The third kappa shape index (κ3) is 47.3. The molecule has 0 saturated carbocycles. The highest BCUT2D eigenvalue weighted by Gasteiger charge is 2.19. The fourth-order valence-electron chi connectivity index (χ4n) is 8.09. The van der Waals surface area contributed by atoms with Gasteiger partial charge in [0.25, 0.3) is 0 Å². The van der Waals surface area contributed by atoms with E-state index >= 15 is 0 Å². The summed E-state index contributed by atoms with van der Waals surface area (Å²) in [7, 11) is 0. The van der Waals surface area contributed by atoms with Gasteiger partial charge in [0.1, 0.15) is 13.2 Å². The normalized spacial score (nSPS) is 11.8. The predicted octanol–water partition coefficient (Wildman–Crippen LogP) is 17.2. The largest absolute Gasteiger partial charge is 0.462 e. The van der Waals surface area contributed by atoms with Crippen LogP contribution in [0.4, 0.5) is 0 Å². The van der Waals surface area contributed by atoms with Gasteiger partial charge in [0.2, 0.25) is 0 Å². The van der Waals surface area contributed by atoms with Gasteiger partial charge in [0.15, 0.2) is 6.10 Å². The lowest BCUT2D eigenvalue weighted by molar-refractivity contribution is -0.167. The van der Waals surface area contributed by atoms with Crippen LogP contribution in [0.2, 0.25) is 0 Å². The second-order valence-corrected chi connectivity index (χ2v) is 18.2. The van der Waals surface area contributed by atoms with Crippen LogP contribution in [-0.4, -0.2) is 37.2 Å². The van der Waals surface area contributed by atoms with Crippen LogP contribution < -0.4 is 0 Å². The smallest absolute Gasteiger partial charge is 0.306 e. The average molecular weight is 835 g/mol. The molecule has 0 aliphatic heterocycles. The second kappa shape index (κ2) is 49.1. The molecule has 6 heteroatoms. The van der Waals surface area contributed by atoms with E-state index in [0.29, 0.717) is 19.3 Å². The van der Waals surface area contributed by atoms with Crippen LogP contribution in [0.5, 0.6) is 0 Å². The van der Waals surface area contributed by atoms with Crippen LogP contribution in [0.25, 0.3) is 0 Å². The van der Waals surface area contributed by atoms with Crippen LogP contribution in [-0.2, 0) is 28.6 Å². The molecule has 0 fully saturated rings. The average Bonchev–Trinajstić information content (AvgIpc) is 3.23. The van der Waals surface area contributed by atoms with E-state index in [1.807, 2.05) is 0 Å². The highest BCUT2D eigenvalue weighted by molar-refractivity contribution is 5.71. The van der Waals surface area contributed by atoms with E-state index in [2.05, 4.69) is 20.8 Å². The zero-order valence-corrected chi connectivity index (χ0v) is 40.1. The van der Waals surface area contributed by atoms with E-state index in [4.69, 9.17) is 14.2 Å². The molecule has 1 atom stereocenters. The molecule has 6 nitrogen and oxygen atoms in total. The molecular weight excluding hydrogens is 733 g/mol. The summed E-state index contributed by atoms with van der Waals surface area (Å²) >= 11 is 0. The van der Waals surface area contributed by atoms with Crippen LogP contribution in [0.15, 0.2) is 0 Å². The van der Waals surface area contributed by atoms with E-state index < -0.39 is 6.10 Å². The topological polar surface area (TPSA) is 78.9 Å². The van der Waals surface area contributed by atoms with Crippen LogP contribution in [0, 0.1) is 0 Å². The number of carbonyl (C=O) groups is 3. The molecule has 0 bridgehead atoms. The maximum atomic E-state index is 12.7. The van der Waals surface area contributed by atoms with Gasteiger partial charge in [-0.25, -0.2) is 0 Å². The van der Waals surface area contributed by atoms with Gasteiger partial charge in [-0.05, 0) is 19.3 Å². The molecule has 0 aromatic rings. The van der Waals surface area contributed by atoms with Crippen molar-refractivity contribution in [1.29, 1.82) is 0 Å². The number of esters is 3. The summed E-state index contributed by atoms with van der Waals surface area (Å²) in [5.41, 5.74) is 0. The first kappa shape index (κ1) is 57.4. The zero-order valence-electron chi connectivity index (χ0n) is 40.1. The molecule has 0 rings (SSSR count). The van der Waals surface area contributed by atoms with Crippen molar-refractivity contribution < 1.29 is 28.6 Å². The van der Waals surface area contributed by atoms with Crippen molar-refractivity contribution in [1.82, 2.24) is 0 Å². The fourth-order valence-corrected chi connectivity index (χ4v) is 8.09. The van der Waals surface area contributed by atoms with E-state index in [9.17, 15) is 14.4 Å². The first-order valence-corrected chi connectivity index (χ1v) is 26.5. The second-order valence-electron chi connectivity index (χ2n) is 18.2. The SMILES string of the molecule is CCCCCCCCCCCCCCCCCCCCCCC(=O)OCC(COC(=O)CCCCCCCCC)OC(=O)CCCCCCCCCCCCCCCC. The Labute approximate surface area is 368 Å². The third-order valence-corrected chi connectivity index (χ3v) is 12.1. The lowest BCUT2D eigenvalue weighted by Crippen LogP contribution is -2.30. The summed E-state index contributed by atoms with van der Waals surface area (Å²) in [6, 6.07) is 0. The van der Waals surface area contributed by atoms with Crippen LogP contribution in [0.1, 0.15) is 303 Å². The fraction of sp³-hybridized carbons (Fsp3) is 0.943. The van der Waals surface area contributed by atoms with Crippen molar-refractivity contribution in [3.05, 3.63) is 0 Å². The summed E-state index contributed by atoms with van der Waals surface area (Å²) < 4.78 is 16.7. The van der Waals surface area contributed by atoms with Gasteiger partial charge in [-0.15, -0.1) is 0 Å². The van der Waals surface area contributed by atoms with Crippen molar-refractivity contribution in [2.24, 2.45) is 0 Å².